The molecule has 8 heteroatoms. The molecule has 0 spiro atoms. The number of ether oxygens (including phenoxy) is 2. The summed E-state index contributed by atoms with van der Waals surface area (Å²) in [6.45, 7) is 11.6. The second kappa shape index (κ2) is 9.52. The summed E-state index contributed by atoms with van der Waals surface area (Å²) in [6.07, 6.45) is 1.77. The van der Waals surface area contributed by atoms with E-state index in [1.54, 1.807) is 24.6 Å². The fraction of sp³-hybridized carbons (Fsp3) is 0.417. The van der Waals surface area contributed by atoms with Crippen molar-refractivity contribution in [3.05, 3.63) is 69.1 Å². The molecule has 0 bridgehead atoms. The van der Waals surface area contributed by atoms with Crippen LogP contribution in [0.15, 0.2) is 41.3 Å². The molecule has 0 saturated carbocycles. The maximum Gasteiger partial charge on any atom is 0.264 e. The molecule has 2 heterocycles. The summed E-state index contributed by atoms with van der Waals surface area (Å²) in [4.78, 5) is 17.8. The Kier molecular flexibility index (Phi) is 7.17. The predicted molar refractivity (Wildman–Crippen MR) is 128 cm³/mol. The van der Waals surface area contributed by atoms with Crippen molar-refractivity contribution in [1.29, 1.82) is 0 Å². The minimum atomic E-state index is -1.27. The van der Waals surface area contributed by atoms with Crippen LogP contribution in [0.3, 0.4) is 0 Å². The van der Waals surface area contributed by atoms with Gasteiger partial charge in [-0.1, -0.05) is 12.1 Å². The predicted octanol–water partition coefficient (Wildman–Crippen LogP) is 4.01. The molecule has 0 saturated heterocycles. The molecule has 172 valence electrons. The SMILES string of the molecule is COc1ccc(COc2nc3c([C@@H](C)N[S@+]([O-])C(C)(C)C)cc(C)cn3c(=O)c2C)cc1. The first-order valence-electron chi connectivity index (χ1n) is 10.5. The summed E-state index contributed by atoms with van der Waals surface area (Å²) in [6, 6.07) is 9.21. The van der Waals surface area contributed by atoms with Gasteiger partial charge < -0.3 is 14.0 Å². The van der Waals surface area contributed by atoms with Crippen LogP contribution in [0.2, 0.25) is 0 Å². The Bertz CT molecular complexity index is 1150. The number of pyridine rings is 1. The van der Waals surface area contributed by atoms with E-state index in [1.165, 1.54) is 0 Å². The number of methoxy groups -OCH3 is 1. The summed E-state index contributed by atoms with van der Waals surface area (Å²) in [5, 5.41) is 0. The van der Waals surface area contributed by atoms with Gasteiger partial charge in [0.1, 0.15) is 22.8 Å². The van der Waals surface area contributed by atoms with Crippen LogP contribution >= 0.6 is 0 Å². The molecule has 0 fully saturated rings. The van der Waals surface area contributed by atoms with Crippen molar-refractivity contribution in [2.45, 2.75) is 58.9 Å². The van der Waals surface area contributed by atoms with Crippen molar-refractivity contribution < 1.29 is 14.0 Å². The highest BCUT2D eigenvalue weighted by atomic mass is 32.2. The Morgan fingerprint density at radius 3 is 2.47 bits per heavy atom. The molecule has 1 aromatic carbocycles. The zero-order valence-corrected chi connectivity index (χ0v) is 20.5. The Balaban J connectivity index is 1.98. The quantitative estimate of drug-likeness (QED) is 0.540. The standard InChI is InChI=1S/C24H31N3O4S/c1-15-12-20(17(3)26-32(29)24(4,5)6)21-25-22(16(2)23(28)27(21)13-15)31-14-18-8-10-19(30-7)11-9-18/h8-13,17,26H,14H2,1-7H3/t17-,32-/m1/s1. The van der Waals surface area contributed by atoms with Gasteiger partial charge in [0.15, 0.2) is 0 Å². The number of hydrogen-bond acceptors (Lipinski definition) is 6. The molecular weight excluding hydrogens is 426 g/mol. The number of fused-ring (bicyclic) bond motifs is 1. The summed E-state index contributed by atoms with van der Waals surface area (Å²) in [5.41, 5.74) is 3.38. The van der Waals surface area contributed by atoms with E-state index in [4.69, 9.17) is 14.5 Å². The lowest BCUT2D eigenvalue weighted by Gasteiger charge is -2.27. The molecule has 3 rings (SSSR count). The van der Waals surface area contributed by atoms with E-state index >= 15 is 0 Å². The first-order chi connectivity index (χ1) is 15.0. The highest BCUT2D eigenvalue weighted by Gasteiger charge is 2.29. The average molecular weight is 458 g/mol. The zero-order chi connectivity index (χ0) is 23.6. The molecule has 32 heavy (non-hydrogen) atoms. The van der Waals surface area contributed by atoms with Gasteiger partial charge in [-0.2, -0.15) is 4.98 Å². The second-order valence-corrected chi connectivity index (χ2v) is 10.9. The highest BCUT2D eigenvalue weighted by Crippen LogP contribution is 2.25. The molecule has 0 aliphatic carbocycles. The van der Waals surface area contributed by atoms with Gasteiger partial charge in [0.2, 0.25) is 5.88 Å². The molecule has 1 N–H and O–H groups in total. The molecule has 7 nitrogen and oxygen atoms in total. The zero-order valence-electron chi connectivity index (χ0n) is 19.7. The largest absolute Gasteiger partial charge is 0.598 e. The Labute approximate surface area is 192 Å². The van der Waals surface area contributed by atoms with Crippen LogP contribution < -0.4 is 19.8 Å². The third-order valence-electron chi connectivity index (χ3n) is 5.11. The van der Waals surface area contributed by atoms with E-state index in [1.807, 2.05) is 65.0 Å². The van der Waals surface area contributed by atoms with Gasteiger partial charge in [-0.05, 0) is 70.9 Å². The molecule has 0 amide bonds. The fourth-order valence-corrected chi connectivity index (χ4v) is 4.01. The lowest BCUT2D eigenvalue weighted by Crippen LogP contribution is -2.40. The van der Waals surface area contributed by atoms with Gasteiger partial charge in [0, 0.05) is 23.1 Å². The van der Waals surface area contributed by atoms with Crippen molar-refractivity contribution >= 4 is 17.0 Å². The van der Waals surface area contributed by atoms with E-state index < -0.39 is 16.1 Å². The summed E-state index contributed by atoms with van der Waals surface area (Å²) in [5.74, 6) is 1.06. The van der Waals surface area contributed by atoms with Crippen molar-refractivity contribution in [3.8, 4) is 11.6 Å². The van der Waals surface area contributed by atoms with Crippen LogP contribution in [0.5, 0.6) is 11.6 Å². The minimum Gasteiger partial charge on any atom is -0.598 e. The molecule has 0 aliphatic rings. The van der Waals surface area contributed by atoms with Crippen molar-refractivity contribution in [2.24, 2.45) is 0 Å². The van der Waals surface area contributed by atoms with E-state index in [-0.39, 0.29) is 18.2 Å². The van der Waals surface area contributed by atoms with E-state index in [0.29, 0.717) is 17.1 Å². The van der Waals surface area contributed by atoms with Gasteiger partial charge in [-0.3, -0.25) is 9.20 Å². The molecule has 2 aromatic heterocycles. The van der Waals surface area contributed by atoms with Crippen LogP contribution in [0, 0.1) is 13.8 Å². The van der Waals surface area contributed by atoms with Crippen LogP contribution in [-0.4, -0.2) is 25.8 Å². The molecule has 3 aromatic rings. The smallest absolute Gasteiger partial charge is 0.264 e. The lowest BCUT2D eigenvalue weighted by molar-refractivity contribution is 0.291. The molecular formula is C24H31N3O4S. The number of nitrogens with one attached hydrogen (secondary N) is 1. The van der Waals surface area contributed by atoms with Crippen LogP contribution in [0.4, 0.5) is 0 Å². The maximum absolute atomic E-state index is 13.1. The van der Waals surface area contributed by atoms with Crippen molar-refractivity contribution in [2.75, 3.05) is 7.11 Å². The highest BCUT2D eigenvalue weighted by molar-refractivity contribution is 7.90. The topological polar surface area (TPSA) is 87.9 Å². The number of aromatic nitrogens is 2. The third kappa shape index (κ3) is 5.26. The molecule has 0 aliphatic heterocycles. The molecule has 0 unspecified atom stereocenters. The maximum atomic E-state index is 13.1. The summed E-state index contributed by atoms with van der Waals surface area (Å²) >= 11 is -1.27. The summed E-state index contributed by atoms with van der Waals surface area (Å²) in [7, 11) is 1.62. The second-order valence-electron chi connectivity index (χ2n) is 8.87. The van der Waals surface area contributed by atoms with Crippen LogP contribution in [0.1, 0.15) is 56.0 Å². The van der Waals surface area contributed by atoms with Crippen molar-refractivity contribution in [1.82, 2.24) is 14.1 Å². The van der Waals surface area contributed by atoms with E-state index in [0.717, 1.165) is 22.4 Å². The third-order valence-corrected chi connectivity index (χ3v) is 6.79. The Morgan fingerprint density at radius 2 is 1.88 bits per heavy atom. The molecule has 2 atom stereocenters. The van der Waals surface area contributed by atoms with Gasteiger partial charge >= 0.3 is 0 Å². The number of aryl methyl sites for hydroxylation is 1. The van der Waals surface area contributed by atoms with Crippen molar-refractivity contribution in [3.63, 3.8) is 0 Å². The first kappa shape index (κ1) is 24.1. The molecule has 0 radical (unpaired) electrons. The Hall–Kier alpha value is -2.55. The number of rotatable bonds is 7. The normalized spacial score (nSPS) is 13.8. The fourth-order valence-electron chi connectivity index (χ4n) is 3.21. The number of benzene rings is 1. The lowest BCUT2D eigenvalue weighted by atomic mass is 10.1. The van der Waals surface area contributed by atoms with Crippen LogP contribution in [-0.2, 0) is 18.0 Å². The van der Waals surface area contributed by atoms with E-state index in [2.05, 4.69) is 4.72 Å². The van der Waals surface area contributed by atoms with Gasteiger partial charge in [0.25, 0.3) is 5.56 Å². The number of hydrogen-bond donors (Lipinski definition) is 1. The monoisotopic (exact) mass is 457 g/mol. The van der Waals surface area contributed by atoms with Gasteiger partial charge in [-0.25, -0.2) is 0 Å². The number of nitrogens with zero attached hydrogens (tertiary/aromatic N) is 2. The van der Waals surface area contributed by atoms with Crippen LogP contribution in [0.25, 0.3) is 5.65 Å². The summed E-state index contributed by atoms with van der Waals surface area (Å²) < 4.78 is 28.0. The first-order valence-corrected chi connectivity index (χ1v) is 11.6. The Morgan fingerprint density at radius 1 is 1.22 bits per heavy atom. The van der Waals surface area contributed by atoms with Gasteiger partial charge in [0.05, 0.1) is 18.7 Å². The van der Waals surface area contributed by atoms with E-state index in [9.17, 15) is 9.35 Å². The minimum absolute atomic E-state index is 0.186. The van der Waals surface area contributed by atoms with Gasteiger partial charge in [-0.15, -0.1) is 4.72 Å². The average Bonchev–Trinajstić information content (AvgIpc) is 2.74.